The number of ether oxygens (including phenoxy) is 1. The first kappa shape index (κ1) is 16.9. The smallest absolute Gasteiger partial charge is 0.281 e. The third kappa shape index (κ3) is 3.94. The van der Waals surface area contributed by atoms with Gasteiger partial charge in [-0.3, -0.25) is 0 Å². The van der Waals surface area contributed by atoms with Gasteiger partial charge in [-0.1, -0.05) is 19.1 Å². The van der Waals surface area contributed by atoms with E-state index in [1.54, 1.807) is 21.2 Å². The lowest BCUT2D eigenvalue weighted by molar-refractivity contribution is 0.347. The summed E-state index contributed by atoms with van der Waals surface area (Å²) < 4.78 is 32.3. The van der Waals surface area contributed by atoms with Crippen molar-refractivity contribution in [2.45, 2.75) is 26.3 Å². The van der Waals surface area contributed by atoms with Crippen LogP contribution in [-0.4, -0.2) is 50.8 Å². The summed E-state index contributed by atoms with van der Waals surface area (Å²) in [4.78, 5) is 0. The van der Waals surface area contributed by atoms with Crippen LogP contribution in [-0.2, 0) is 16.6 Å². The third-order valence-electron chi connectivity index (χ3n) is 3.51. The maximum atomic E-state index is 12.2. The maximum Gasteiger partial charge on any atom is 0.281 e. The maximum absolute atomic E-state index is 12.2. The summed E-state index contributed by atoms with van der Waals surface area (Å²) in [6.45, 7) is 4.19. The van der Waals surface area contributed by atoms with Gasteiger partial charge in [0.1, 0.15) is 5.75 Å². The molecule has 0 bridgehead atoms. The Morgan fingerprint density at radius 3 is 2.20 bits per heavy atom. The molecule has 1 aromatic rings. The van der Waals surface area contributed by atoms with Gasteiger partial charge in [-0.25, -0.2) is 0 Å². The number of benzene rings is 1. The van der Waals surface area contributed by atoms with E-state index < -0.39 is 10.2 Å². The van der Waals surface area contributed by atoms with Crippen molar-refractivity contribution in [3.63, 3.8) is 0 Å². The largest absolute Gasteiger partial charge is 0.497 e. The van der Waals surface area contributed by atoms with Gasteiger partial charge in [0.05, 0.1) is 7.11 Å². The van der Waals surface area contributed by atoms with Gasteiger partial charge in [0.25, 0.3) is 10.2 Å². The summed E-state index contributed by atoms with van der Waals surface area (Å²) in [7, 11) is 1.45. The molecule has 0 saturated carbocycles. The summed E-state index contributed by atoms with van der Waals surface area (Å²) in [5, 5.41) is 0. The van der Waals surface area contributed by atoms with Crippen molar-refractivity contribution in [1.82, 2.24) is 8.61 Å². The van der Waals surface area contributed by atoms with E-state index in [0.29, 0.717) is 13.0 Å². The molecule has 0 aliphatic carbocycles. The highest BCUT2D eigenvalue weighted by Gasteiger charge is 2.26. The average Bonchev–Trinajstić information content (AvgIpc) is 2.46. The fourth-order valence-corrected chi connectivity index (χ4v) is 3.14. The van der Waals surface area contributed by atoms with Gasteiger partial charge in [-0.05, 0) is 31.0 Å². The molecular formula is C14H24N2O3S. The zero-order chi connectivity index (χ0) is 15.3. The Labute approximate surface area is 122 Å². The molecule has 1 aromatic carbocycles. The SMILES string of the molecule is CCN(C)S(=O)(=O)N(C)[C@@H](C)Cc1ccc(OC)cc1. The first-order valence-corrected chi connectivity index (χ1v) is 8.04. The highest BCUT2D eigenvalue weighted by atomic mass is 32.2. The van der Waals surface area contributed by atoms with Crippen LogP contribution in [0.3, 0.4) is 0 Å². The van der Waals surface area contributed by atoms with Gasteiger partial charge < -0.3 is 4.74 Å². The van der Waals surface area contributed by atoms with Gasteiger partial charge in [0, 0.05) is 26.7 Å². The van der Waals surface area contributed by atoms with Crippen molar-refractivity contribution in [2.75, 3.05) is 27.7 Å². The molecule has 0 spiro atoms. The molecule has 0 aliphatic heterocycles. The third-order valence-corrected chi connectivity index (χ3v) is 5.65. The molecule has 0 radical (unpaired) electrons. The second kappa shape index (κ2) is 7.06. The Kier molecular flexibility index (Phi) is 5.98. The van der Waals surface area contributed by atoms with Crippen molar-refractivity contribution in [3.05, 3.63) is 29.8 Å². The number of nitrogens with zero attached hydrogens (tertiary/aromatic N) is 2. The normalized spacial score (nSPS) is 13.8. The first-order valence-electron chi connectivity index (χ1n) is 6.65. The lowest BCUT2D eigenvalue weighted by Crippen LogP contribution is -2.44. The standard InChI is InChI=1S/C14H24N2O3S/c1-6-15(3)20(17,18)16(4)12(2)11-13-7-9-14(19-5)10-8-13/h7-10,12H,6,11H2,1-5H3/t12-/m0/s1. The fraction of sp³-hybridized carbons (Fsp3) is 0.571. The Morgan fingerprint density at radius 1 is 1.20 bits per heavy atom. The fourth-order valence-electron chi connectivity index (χ4n) is 1.84. The molecule has 20 heavy (non-hydrogen) atoms. The monoisotopic (exact) mass is 300 g/mol. The van der Waals surface area contributed by atoms with E-state index in [-0.39, 0.29) is 6.04 Å². The number of methoxy groups -OCH3 is 1. The van der Waals surface area contributed by atoms with Crippen LogP contribution in [0.4, 0.5) is 0 Å². The zero-order valence-corrected chi connectivity index (χ0v) is 13.6. The molecule has 0 fully saturated rings. The van der Waals surface area contributed by atoms with E-state index in [1.807, 2.05) is 38.1 Å². The van der Waals surface area contributed by atoms with E-state index in [1.165, 1.54) is 8.61 Å². The number of hydrogen-bond acceptors (Lipinski definition) is 3. The van der Waals surface area contributed by atoms with Crippen LogP contribution in [0.25, 0.3) is 0 Å². The minimum absolute atomic E-state index is 0.109. The Bertz CT molecular complexity index is 514. The van der Waals surface area contributed by atoms with Gasteiger partial charge >= 0.3 is 0 Å². The predicted molar refractivity (Wildman–Crippen MR) is 81.1 cm³/mol. The van der Waals surface area contributed by atoms with E-state index in [2.05, 4.69) is 0 Å². The molecule has 0 saturated heterocycles. The Balaban J connectivity index is 2.77. The number of rotatable bonds is 7. The molecular weight excluding hydrogens is 276 g/mol. The quantitative estimate of drug-likeness (QED) is 0.771. The van der Waals surface area contributed by atoms with Gasteiger partial charge in [-0.2, -0.15) is 17.0 Å². The summed E-state index contributed by atoms with van der Waals surface area (Å²) >= 11 is 0. The molecule has 0 heterocycles. The molecule has 1 rings (SSSR count). The molecule has 114 valence electrons. The molecule has 0 amide bonds. The molecule has 5 nitrogen and oxygen atoms in total. The average molecular weight is 300 g/mol. The highest BCUT2D eigenvalue weighted by Crippen LogP contribution is 2.16. The Hall–Kier alpha value is -1.11. The zero-order valence-electron chi connectivity index (χ0n) is 12.8. The highest BCUT2D eigenvalue weighted by molar-refractivity contribution is 7.86. The van der Waals surface area contributed by atoms with Crippen LogP contribution in [0.2, 0.25) is 0 Å². The summed E-state index contributed by atoms with van der Waals surface area (Å²) in [6.07, 6.45) is 0.664. The van der Waals surface area contributed by atoms with E-state index in [0.717, 1.165) is 11.3 Å². The molecule has 0 unspecified atom stereocenters. The number of likely N-dealkylation sites (N-methyl/N-ethyl adjacent to an activating group) is 1. The second-order valence-electron chi connectivity index (χ2n) is 4.84. The van der Waals surface area contributed by atoms with E-state index in [4.69, 9.17) is 4.74 Å². The van der Waals surface area contributed by atoms with Gasteiger partial charge in [-0.15, -0.1) is 0 Å². The van der Waals surface area contributed by atoms with Crippen LogP contribution in [0, 0.1) is 0 Å². The summed E-state index contributed by atoms with van der Waals surface area (Å²) in [5.41, 5.74) is 1.08. The lowest BCUT2D eigenvalue weighted by Gasteiger charge is -2.28. The predicted octanol–water partition coefficient (Wildman–Crippen LogP) is 1.75. The van der Waals surface area contributed by atoms with E-state index >= 15 is 0 Å². The minimum atomic E-state index is -3.38. The molecule has 1 atom stereocenters. The Morgan fingerprint density at radius 2 is 1.75 bits per heavy atom. The van der Waals surface area contributed by atoms with Gasteiger partial charge in [0.15, 0.2) is 0 Å². The van der Waals surface area contributed by atoms with Crippen molar-refractivity contribution in [2.24, 2.45) is 0 Å². The molecule has 6 heteroatoms. The number of hydrogen-bond donors (Lipinski definition) is 0. The topological polar surface area (TPSA) is 49.9 Å². The van der Waals surface area contributed by atoms with Crippen molar-refractivity contribution < 1.29 is 13.2 Å². The van der Waals surface area contributed by atoms with Crippen molar-refractivity contribution >= 4 is 10.2 Å². The minimum Gasteiger partial charge on any atom is -0.497 e. The van der Waals surface area contributed by atoms with Crippen molar-refractivity contribution in [3.8, 4) is 5.75 Å². The van der Waals surface area contributed by atoms with Crippen LogP contribution in [0.1, 0.15) is 19.4 Å². The van der Waals surface area contributed by atoms with Crippen LogP contribution >= 0.6 is 0 Å². The summed E-state index contributed by atoms with van der Waals surface area (Å²) in [5.74, 6) is 0.799. The van der Waals surface area contributed by atoms with Crippen LogP contribution < -0.4 is 4.74 Å². The lowest BCUT2D eigenvalue weighted by atomic mass is 10.1. The summed E-state index contributed by atoms with van der Waals surface area (Å²) in [6, 6.07) is 7.57. The second-order valence-corrected chi connectivity index (χ2v) is 6.93. The van der Waals surface area contributed by atoms with Crippen molar-refractivity contribution in [1.29, 1.82) is 0 Å². The van der Waals surface area contributed by atoms with Crippen LogP contribution in [0.5, 0.6) is 5.75 Å². The molecule has 0 aliphatic rings. The van der Waals surface area contributed by atoms with E-state index in [9.17, 15) is 8.42 Å². The molecule has 0 N–H and O–H groups in total. The van der Waals surface area contributed by atoms with Gasteiger partial charge in [0.2, 0.25) is 0 Å². The molecule has 0 aromatic heterocycles. The van der Waals surface area contributed by atoms with Crippen LogP contribution in [0.15, 0.2) is 24.3 Å². The first-order chi connectivity index (χ1) is 9.32.